The molecule has 1 saturated carbocycles. The monoisotopic (exact) mass is 255 g/mol. The summed E-state index contributed by atoms with van der Waals surface area (Å²) in [6, 6.07) is 0. The summed E-state index contributed by atoms with van der Waals surface area (Å²) in [4.78, 5) is 12.2. The summed E-state index contributed by atoms with van der Waals surface area (Å²) in [5.74, 6) is 0.919. The molecule has 3 nitrogen and oxygen atoms in total. The Bertz CT molecular complexity index is 268. The van der Waals surface area contributed by atoms with Crippen LogP contribution in [-0.2, 0) is 4.79 Å². The lowest BCUT2D eigenvalue weighted by molar-refractivity contribution is -0.132. The van der Waals surface area contributed by atoms with E-state index in [0.717, 1.165) is 0 Å². The Morgan fingerprint density at radius 2 is 1.89 bits per heavy atom. The predicted molar refractivity (Wildman–Crippen MR) is 74.2 cm³/mol. The summed E-state index contributed by atoms with van der Waals surface area (Å²) in [5.41, 5.74) is -0.265. The Morgan fingerprint density at radius 3 is 2.39 bits per heavy atom. The van der Waals surface area contributed by atoms with E-state index in [2.05, 4.69) is 19.2 Å². The lowest BCUT2D eigenvalue weighted by atomic mass is 9.77. The highest BCUT2D eigenvalue weighted by Gasteiger charge is 2.37. The number of aliphatic hydroxyl groups excluding tert-OH is 1. The van der Waals surface area contributed by atoms with Crippen molar-refractivity contribution in [3.8, 4) is 0 Å². The van der Waals surface area contributed by atoms with Gasteiger partial charge in [0.25, 0.3) is 0 Å². The van der Waals surface area contributed by atoms with Crippen molar-refractivity contribution in [2.24, 2.45) is 17.3 Å². The maximum atomic E-state index is 12.2. The van der Waals surface area contributed by atoms with Crippen LogP contribution in [0.15, 0.2) is 0 Å². The third-order valence-electron chi connectivity index (χ3n) is 4.46. The zero-order chi connectivity index (χ0) is 13.8. The number of carbonyl (C=O) groups excluding carboxylic acids is 1. The van der Waals surface area contributed by atoms with E-state index in [1.165, 1.54) is 25.7 Å². The van der Waals surface area contributed by atoms with Gasteiger partial charge in [-0.2, -0.15) is 0 Å². The molecule has 1 unspecified atom stereocenters. The van der Waals surface area contributed by atoms with Crippen LogP contribution in [0.3, 0.4) is 0 Å². The smallest absolute Gasteiger partial charge is 0.225 e. The van der Waals surface area contributed by atoms with Crippen molar-refractivity contribution in [3.63, 3.8) is 0 Å². The molecule has 0 aromatic rings. The molecule has 1 amide bonds. The highest BCUT2D eigenvalue weighted by Crippen LogP contribution is 2.39. The Morgan fingerprint density at radius 1 is 1.33 bits per heavy atom. The quantitative estimate of drug-likeness (QED) is 0.766. The number of hydrogen-bond acceptors (Lipinski definition) is 2. The van der Waals surface area contributed by atoms with Crippen molar-refractivity contribution in [3.05, 3.63) is 0 Å². The van der Waals surface area contributed by atoms with Gasteiger partial charge in [-0.1, -0.05) is 40.5 Å². The first-order valence-corrected chi connectivity index (χ1v) is 7.32. The number of rotatable bonds is 6. The topological polar surface area (TPSA) is 49.3 Å². The second-order valence-corrected chi connectivity index (χ2v) is 6.56. The molecule has 0 radical (unpaired) electrons. The molecule has 1 atom stereocenters. The van der Waals surface area contributed by atoms with E-state index in [1.54, 1.807) is 0 Å². The molecule has 18 heavy (non-hydrogen) atoms. The number of nitrogens with one attached hydrogen (secondary N) is 1. The normalized spacial score (nSPS) is 19.2. The molecule has 1 fully saturated rings. The van der Waals surface area contributed by atoms with Crippen molar-refractivity contribution < 1.29 is 9.90 Å². The number of aliphatic hydroxyl groups is 1. The van der Waals surface area contributed by atoms with Crippen LogP contribution >= 0.6 is 0 Å². The fourth-order valence-corrected chi connectivity index (χ4v) is 2.73. The second-order valence-electron chi connectivity index (χ2n) is 6.56. The molecule has 0 aromatic carbocycles. The minimum atomic E-state index is -0.320. The molecule has 0 saturated heterocycles. The van der Waals surface area contributed by atoms with E-state index >= 15 is 0 Å². The van der Waals surface area contributed by atoms with E-state index in [4.69, 9.17) is 0 Å². The van der Waals surface area contributed by atoms with Crippen molar-refractivity contribution in [2.75, 3.05) is 6.54 Å². The predicted octanol–water partition coefficient (Wildman–Crippen LogP) is 2.73. The first-order valence-electron chi connectivity index (χ1n) is 7.32. The first-order chi connectivity index (χ1) is 8.35. The van der Waals surface area contributed by atoms with Gasteiger partial charge in [0.2, 0.25) is 5.91 Å². The first kappa shape index (κ1) is 15.5. The summed E-state index contributed by atoms with van der Waals surface area (Å²) in [6.07, 6.45) is 5.19. The Labute approximate surface area is 111 Å². The molecule has 0 aliphatic heterocycles. The molecule has 0 heterocycles. The maximum absolute atomic E-state index is 12.2. The highest BCUT2D eigenvalue weighted by molar-refractivity contribution is 5.82. The van der Waals surface area contributed by atoms with Crippen LogP contribution < -0.4 is 5.32 Å². The maximum Gasteiger partial charge on any atom is 0.225 e. The Kier molecular flexibility index (Phi) is 5.64. The van der Waals surface area contributed by atoms with Gasteiger partial charge in [-0.15, -0.1) is 0 Å². The van der Waals surface area contributed by atoms with E-state index in [1.807, 2.05) is 13.8 Å². The van der Waals surface area contributed by atoms with Crippen molar-refractivity contribution in [1.29, 1.82) is 0 Å². The van der Waals surface area contributed by atoms with Crippen LogP contribution in [0.4, 0.5) is 0 Å². The van der Waals surface area contributed by atoms with Crippen molar-refractivity contribution >= 4 is 5.91 Å². The van der Waals surface area contributed by atoms with Crippen LogP contribution in [-0.4, -0.2) is 23.7 Å². The third kappa shape index (κ3) is 3.98. The SMILES string of the molecule is CC(C)C(O)CCNC(=O)C(C)(C)C1CCCC1. The fourth-order valence-electron chi connectivity index (χ4n) is 2.73. The van der Waals surface area contributed by atoms with Gasteiger partial charge < -0.3 is 10.4 Å². The zero-order valence-corrected chi connectivity index (χ0v) is 12.3. The van der Waals surface area contributed by atoms with Crippen LogP contribution in [0.25, 0.3) is 0 Å². The molecule has 1 rings (SSSR count). The van der Waals surface area contributed by atoms with Crippen molar-refractivity contribution in [1.82, 2.24) is 5.32 Å². The molecular weight excluding hydrogens is 226 g/mol. The Balaban J connectivity index is 2.35. The molecule has 0 spiro atoms. The minimum absolute atomic E-state index is 0.144. The van der Waals surface area contributed by atoms with Gasteiger partial charge in [-0.05, 0) is 31.1 Å². The summed E-state index contributed by atoms with van der Waals surface area (Å²) >= 11 is 0. The van der Waals surface area contributed by atoms with Gasteiger partial charge in [0.05, 0.1) is 6.10 Å². The molecule has 106 valence electrons. The lowest BCUT2D eigenvalue weighted by Crippen LogP contribution is -2.42. The van der Waals surface area contributed by atoms with Gasteiger partial charge in [-0.25, -0.2) is 0 Å². The Hall–Kier alpha value is -0.570. The fraction of sp³-hybridized carbons (Fsp3) is 0.933. The zero-order valence-electron chi connectivity index (χ0n) is 12.3. The van der Waals surface area contributed by atoms with Gasteiger partial charge in [0.15, 0.2) is 0 Å². The average Bonchev–Trinajstić information content (AvgIpc) is 2.82. The molecular formula is C15H29NO2. The molecule has 0 aromatic heterocycles. The minimum Gasteiger partial charge on any atom is -0.393 e. The summed E-state index contributed by atoms with van der Waals surface area (Å²) in [7, 11) is 0. The molecule has 2 N–H and O–H groups in total. The third-order valence-corrected chi connectivity index (χ3v) is 4.46. The van der Waals surface area contributed by atoms with Gasteiger partial charge in [0, 0.05) is 12.0 Å². The average molecular weight is 255 g/mol. The van der Waals surface area contributed by atoms with Gasteiger partial charge >= 0.3 is 0 Å². The lowest BCUT2D eigenvalue weighted by Gasteiger charge is -2.30. The molecule has 1 aliphatic rings. The van der Waals surface area contributed by atoms with Crippen LogP contribution in [0.1, 0.15) is 59.8 Å². The molecule has 1 aliphatic carbocycles. The summed E-state index contributed by atoms with van der Waals surface area (Å²) in [5, 5.41) is 12.7. The molecule has 3 heteroatoms. The highest BCUT2D eigenvalue weighted by atomic mass is 16.3. The number of amides is 1. The van der Waals surface area contributed by atoms with Crippen molar-refractivity contribution in [2.45, 2.75) is 65.9 Å². The standard InChI is InChI=1S/C15H29NO2/c1-11(2)13(17)9-10-16-14(18)15(3,4)12-7-5-6-8-12/h11-13,17H,5-10H2,1-4H3,(H,16,18). The van der Waals surface area contributed by atoms with Gasteiger partial charge in [-0.3, -0.25) is 4.79 Å². The summed E-state index contributed by atoms with van der Waals surface area (Å²) < 4.78 is 0. The summed E-state index contributed by atoms with van der Waals surface area (Å²) in [6.45, 7) is 8.67. The van der Waals surface area contributed by atoms with E-state index in [9.17, 15) is 9.90 Å². The van der Waals surface area contributed by atoms with Crippen LogP contribution in [0, 0.1) is 17.3 Å². The van der Waals surface area contributed by atoms with Gasteiger partial charge in [0.1, 0.15) is 0 Å². The number of carbonyl (C=O) groups is 1. The van der Waals surface area contributed by atoms with Crippen LogP contribution in [0.2, 0.25) is 0 Å². The van der Waals surface area contributed by atoms with E-state index < -0.39 is 0 Å². The number of hydrogen-bond donors (Lipinski definition) is 2. The largest absolute Gasteiger partial charge is 0.393 e. The van der Waals surface area contributed by atoms with Crippen LogP contribution in [0.5, 0.6) is 0 Å². The second kappa shape index (κ2) is 6.55. The van der Waals surface area contributed by atoms with E-state index in [-0.39, 0.29) is 23.3 Å². The molecule has 0 bridgehead atoms. The van der Waals surface area contributed by atoms with E-state index in [0.29, 0.717) is 18.9 Å².